The highest BCUT2D eigenvalue weighted by Gasteiger charge is 2.56. The van der Waals surface area contributed by atoms with Crippen molar-refractivity contribution in [2.24, 2.45) is 23.2 Å². The smallest absolute Gasteiger partial charge is 0.195 e. The van der Waals surface area contributed by atoms with E-state index in [0.29, 0.717) is 5.78 Å². The standard InChI is InChI=1S/C17H29NO/c1-4-18(5-2)12(3)16(19)17-9-13-6-14(10-17)8-15(7-13)11-17/h12-15H,4-11H2,1-3H3/p+1/t12-,13?,14?,15?,17?/m1/s1. The average molecular weight is 264 g/mol. The fourth-order valence-electron chi connectivity index (χ4n) is 5.92. The highest BCUT2D eigenvalue weighted by molar-refractivity contribution is 5.88. The van der Waals surface area contributed by atoms with Gasteiger partial charge in [-0.2, -0.15) is 0 Å². The number of carbonyl (C=O) groups excluding carboxylic acids is 1. The monoisotopic (exact) mass is 264 g/mol. The highest BCUT2D eigenvalue weighted by atomic mass is 16.1. The predicted octanol–water partition coefficient (Wildman–Crippen LogP) is 2.09. The molecular formula is C17H30NO+. The summed E-state index contributed by atoms with van der Waals surface area (Å²) < 4.78 is 0. The molecule has 4 fully saturated rings. The van der Waals surface area contributed by atoms with Crippen LogP contribution in [0.5, 0.6) is 0 Å². The van der Waals surface area contributed by atoms with Crippen LogP contribution < -0.4 is 4.90 Å². The molecule has 0 amide bonds. The zero-order chi connectivity index (χ0) is 13.6. The van der Waals surface area contributed by atoms with E-state index in [0.717, 1.165) is 30.8 Å². The van der Waals surface area contributed by atoms with Crippen molar-refractivity contribution in [3.63, 3.8) is 0 Å². The highest BCUT2D eigenvalue weighted by Crippen LogP contribution is 2.60. The van der Waals surface area contributed by atoms with E-state index in [1.807, 2.05) is 0 Å². The molecule has 4 bridgehead atoms. The minimum Gasteiger partial charge on any atom is -0.327 e. The lowest BCUT2D eigenvalue weighted by molar-refractivity contribution is -0.910. The molecule has 0 aromatic heterocycles. The summed E-state index contributed by atoms with van der Waals surface area (Å²) in [5.74, 6) is 3.27. The van der Waals surface area contributed by atoms with Crippen molar-refractivity contribution in [3.8, 4) is 0 Å². The largest absolute Gasteiger partial charge is 0.327 e. The van der Waals surface area contributed by atoms with Gasteiger partial charge in [0, 0.05) is 5.41 Å². The molecule has 1 N–H and O–H groups in total. The molecular weight excluding hydrogens is 234 g/mol. The Morgan fingerprint density at radius 1 is 1.05 bits per heavy atom. The summed E-state index contributed by atoms with van der Waals surface area (Å²) in [6, 6.07) is 0.214. The van der Waals surface area contributed by atoms with Crippen LogP contribution in [0.15, 0.2) is 0 Å². The van der Waals surface area contributed by atoms with E-state index in [4.69, 9.17) is 0 Å². The molecule has 1 atom stereocenters. The van der Waals surface area contributed by atoms with Crippen LogP contribution >= 0.6 is 0 Å². The van der Waals surface area contributed by atoms with Crippen LogP contribution in [-0.2, 0) is 4.79 Å². The number of Topliss-reactive ketones (excluding diaryl/α,β-unsaturated/α-hetero) is 1. The van der Waals surface area contributed by atoms with Crippen LogP contribution in [0, 0.1) is 23.2 Å². The van der Waals surface area contributed by atoms with Crippen molar-refractivity contribution in [1.29, 1.82) is 0 Å². The Hall–Kier alpha value is -0.370. The molecule has 4 rings (SSSR count). The first-order valence-corrected chi connectivity index (χ1v) is 8.47. The van der Waals surface area contributed by atoms with Gasteiger partial charge in [0.05, 0.1) is 13.1 Å². The number of carbonyl (C=O) groups is 1. The van der Waals surface area contributed by atoms with Crippen LogP contribution in [0.1, 0.15) is 59.3 Å². The Balaban J connectivity index is 1.79. The first-order valence-electron chi connectivity index (χ1n) is 8.47. The number of hydrogen-bond donors (Lipinski definition) is 1. The van der Waals surface area contributed by atoms with Gasteiger partial charge in [-0.25, -0.2) is 0 Å². The summed E-state index contributed by atoms with van der Waals surface area (Å²) in [4.78, 5) is 14.6. The van der Waals surface area contributed by atoms with Crippen LogP contribution in [0.25, 0.3) is 0 Å². The van der Waals surface area contributed by atoms with Crippen molar-refractivity contribution in [2.75, 3.05) is 13.1 Å². The van der Waals surface area contributed by atoms with E-state index >= 15 is 0 Å². The van der Waals surface area contributed by atoms with Gasteiger partial charge in [-0.3, -0.25) is 4.79 Å². The normalized spacial score (nSPS) is 41.8. The first kappa shape index (κ1) is 13.6. The van der Waals surface area contributed by atoms with E-state index in [-0.39, 0.29) is 11.5 Å². The molecule has 0 radical (unpaired) electrons. The van der Waals surface area contributed by atoms with E-state index in [9.17, 15) is 4.79 Å². The zero-order valence-electron chi connectivity index (χ0n) is 12.9. The van der Waals surface area contributed by atoms with Gasteiger partial charge in [0.2, 0.25) is 0 Å². The molecule has 0 unspecified atom stereocenters. The van der Waals surface area contributed by atoms with Gasteiger partial charge >= 0.3 is 0 Å². The summed E-state index contributed by atoms with van der Waals surface area (Å²) >= 11 is 0. The average Bonchev–Trinajstić information content (AvgIpc) is 2.37. The Morgan fingerprint density at radius 3 is 1.84 bits per heavy atom. The quantitative estimate of drug-likeness (QED) is 0.807. The molecule has 108 valence electrons. The van der Waals surface area contributed by atoms with Crippen LogP contribution in [0.3, 0.4) is 0 Å². The van der Waals surface area contributed by atoms with Crippen molar-refractivity contribution >= 4 is 5.78 Å². The van der Waals surface area contributed by atoms with Gasteiger partial charge in [0.25, 0.3) is 0 Å². The third-order valence-corrected chi connectivity index (χ3v) is 6.47. The van der Waals surface area contributed by atoms with Gasteiger partial charge in [-0.15, -0.1) is 0 Å². The van der Waals surface area contributed by atoms with Gasteiger partial charge in [-0.1, -0.05) is 0 Å². The minimum absolute atomic E-state index is 0.101. The molecule has 0 heterocycles. The minimum atomic E-state index is 0.101. The second-order valence-corrected chi connectivity index (χ2v) is 7.65. The Kier molecular flexibility index (Phi) is 3.49. The summed E-state index contributed by atoms with van der Waals surface area (Å²) in [6.07, 6.45) is 7.96. The predicted molar refractivity (Wildman–Crippen MR) is 77.1 cm³/mol. The topological polar surface area (TPSA) is 21.5 Å². The zero-order valence-corrected chi connectivity index (χ0v) is 12.9. The summed E-state index contributed by atoms with van der Waals surface area (Å²) in [7, 11) is 0. The lowest BCUT2D eigenvalue weighted by Crippen LogP contribution is -3.16. The third-order valence-electron chi connectivity index (χ3n) is 6.47. The van der Waals surface area contributed by atoms with Crippen molar-refractivity contribution in [2.45, 2.75) is 65.3 Å². The maximum atomic E-state index is 13.1. The number of quaternary nitrogens is 1. The maximum Gasteiger partial charge on any atom is 0.195 e. The van der Waals surface area contributed by atoms with Gasteiger partial charge < -0.3 is 4.90 Å². The molecule has 0 spiro atoms. The molecule has 0 aromatic carbocycles. The molecule has 4 aliphatic carbocycles. The third kappa shape index (κ3) is 2.16. The number of nitrogens with one attached hydrogen (secondary N) is 1. The first-order chi connectivity index (χ1) is 9.08. The Labute approximate surface area is 117 Å². The number of ketones is 1. The molecule has 4 aliphatic rings. The Bertz CT molecular complexity index is 323. The molecule has 2 nitrogen and oxygen atoms in total. The lowest BCUT2D eigenvalue weighted by atomic mass is 9.48. The fraction of sp³-hybridized carbons (Fsp3) is 0.941. The lowest BCUT2D eigenvalue weighted by Gasteiger charge is -2.56. The van der Waals surface area contributed by atoms with Gasteiger partial charge in [0.1, 0.15) is 6.04 Å². The van der Waals surface area contributed by atoms with E-state index in [1.165, 1.54) is 43.4 Å². The van der Waals surface area contributed by atoms with Crippen LogP contribution in [-0.4, -0.2) is 24.9 Å². The molecule has 4 saturated carbocycles. The molecule has 2 heteroatoms. The van der Waals surface area contributed by atoms with E-state index < -0.39 is 0 Å². The summed E-state index contributed by atoms with van der Waals surface area (Å²) in [6.45, 7) is 8.76. The van der Waals surface area contributed by atoms with Gasteiger partial charge in [-0.05, 0) is 77.0 Å². The van der Waals surface area contributed by atoms with Crippen molar-refractivity contribution in [3.05, 3.63) is 0 Å². The molecule has 0 aromatic rings. The number of likely N-dealkylation sites (N-methyl/N-ethyl adjacent to an activating group) is 1. The van der Waals surface area contributed by atoms with E-state index in [1.54, 1.807) is 0 Å². The fourth-order valence-corrected chi connectivity index (χ4v) is 5.92. The van der Waals surface area contributed by atoms with Crippen molar-refractivity contribution in [1.82, 2.24) is 0 Å². The SMILES string of the molecule is CC[NH+](CC)[C@H](C)C(=O)C12CC3CC(CC(C3)C1)C2. The number of rotatable bonds is 5. The van der Waals surface area contributed by atoms with Crippen LogP contribution in [0.4, 0.5) is 0 Å². The van der Waals surface area contributed by atoms with E-state index in [2.05, 4.69) is 20.8 Å². The second-order valence-electron chi connectivity index (χ2n) is 7.65. The molecule has 0 saturated heterocycles. The van der Waals surface area contributed by atoms with Crippen molar-refractivity contribution < 1.29 is 9.69 Å². The summed E-state index contributed by atoms with van der Waals surface area (Å²) in [5.41, 5.74) is 0.101. The van der Waals surface area contributed by atoms with Crippen LogP contribution in [0.2, 0.25) is 0 Å². The second kappa shape index (κ2) is 4.87. The molecule has 19 heavy (non-hydrogen) atoms. The maximum absolute atomic E-state index is 13.1. The Morgan fingerprint density at radius 2 is 1.47 bits per heavy atom. The summed E-state index contributed by atoms with van der Waals surface area (Å²) in [5, 5.41) is 0. The molecule has 0 aliphatic heterocycles. The van der Waals surface area contributed by atoms with Gasteiger partial charge in [0.15, 0.2) is 5.78 Å². The number of hydrogen-bond acceptors (Lipinski definition) is 1.